The average molecular weight is 1780 g/mol. The fraction of sp³-hybridized carbons (Fsp3) is 0.658. The third kappa shape index (κ3) is 37.0. The summed E-state index contributed by atoms with van der Waals surface area (Å²) >= 11 is 14.1. The molecule has 3 rings (SSSR count). The Hall–Kier alpha value is -9.54. The number of nitrogens with one attached hydrogen (secondary N) is 14. The summed E-state index contributed by atoms with van der Waals surface area (Å²) in [5.41, 5.74) is 24.1. The molecule has 1 saturated heterocycles. The summed E-state index contributed by atoms with van der Waals surface area (Å²) in [6, 6.07) is -15.4. The maximum Gasteiger partial charge on any atom is 0.326 e. The number of thiol groups is 3. The van der Waals surface area contributed by atoms with Crippen molar-refractivity contribution in [2.75, 3.05) is 48.9 Å². The first-order valence-corrected chi connectivity index (χ1v) is 43.3. The van der Waals surface area contributed by atoms with Crippen molar-refractivity contribution in [1.82, 2.24) is 79.0 Å². The molecule has 16 atom stereocenters. The van der Waals surface area contributed by atoms with Gasteiger partial charge in [0.2, 0.25) is 88.6 Å². The van der Waals surface area contributed by atoms with Crippen molar-refractivity contribution in [1.29, 1.82) is 0 Å². The van der Waals surface area contributed by atoms with E-state index in [1.807, 2.05) is 0 Å². The number of carboxylic acids is 3. The fourth-order valence-corrected chi connectivity index (χ4v) is 14.0. The third-order valence-electron chi connectivity index (χ3n) is 19.4. The van der Waals surface area contributed by atoms with Gasteiger partial charge in [-0.1, -0.05) is 45.9 Å². The molecule has 26 N–H and O–H groups in total. The lowest BCUT2D eigenvalue weighted by Crippen LogP contribution is -2.62. The number of carbonyl (C=O) groups is 18. The van der Waals surface area contributed by atoms with Crippen molar-refractivity contribution in [3.05, 3.63) is 36.0 Å². The number of hydrogen-bond acceptors (Lipinski definition) is 26. The van der Waals surface area contributed by atoms with E-state index in [1.54, 1.807) is 64.4 Å². The number of fused-ring (bicyclic) bond motifs is 1. The van der Waals surface area contributed by atoms with Gasteiger partial charge < -0.3 is 122 Å². The second kappa shape index (κ2) is 54.8. The van der Waals surface area contributed by atoms with Crippen molar-refractivity contribution in [2.45, 2.75) is 254 Å². The van der Waals surface area contributed by atoms with Crippen LogP contribution in [0.15, 0.2) is 30.5 Å². The molecule has 1 fully saturated rings. The van der Waals surface area contributed by atoms with E-state index in [0.717, 1.165) is 6.92 Å². The molecule has 0 spiro atoms. The van der Waals surface area contributed by atoms with Gasteiger partial charge in [-0.2, -0.15) is 49.6 Å². The molecule has 0 bridgehead atoms. The highest BCUT2D eigenvalue weighted by Crippen LogP contribution is 2.23. The molecule has 2 aromatic rings. The fourth-order valence-electron chi connectivity index (χ4n) is 12.8. The molecule has 0 aliphatic carbocycles. The number of aliphatic hydroxyl groups is 1. The van der Waals surface area contributed by atoms with Crippen molar-refractivity contribution in [3.8, 4) is 0 Å². The first-order chi connectivity index (χ1) is 57.1. The summed E-state index contributed by atoms with van der Waals surface area (Å²) in [5.74, 6) is -20.0. The summed E-state index contributed by atoms with van der Waals surface area (Å²) in [6.45, 7) is 9.81. The molecule has 0 unspecified atom stereocenters. The number of hydrogen-bond donors (Lipinski definition) is 25. The Labute approximate surface area is 722 Å². The Kier molecular flexibility index (Phi) is 47.8. The molecular weight excluding hydrogens is 1660 g/mol. The van der Waals surface area contributed by atoms with Crippen molar-refractivity contribution >= 4 is 167 Å². The van der Waals surface area contributed by atoms with Gasteiger partial charge in [0.1, 0.15) is 84.6 Å². The number of aromatic amines is 1. The standard InChI is InChI=1S/C76H123N19O22S4/c1-38(2)31-51(88-62(102)40(5)79)68(108)90-53(33-42-34-81-44-16-9-8-15-43(42)44)69(109)85-47(21-24-59(98)99)64(104)84-48(22-25-60(100)101)65(105)91-54(35-118)70(110)86-49(18-11-13-28-78)75(115)95-29-14-19-57(95)73(113)92-55(36-119)72(112)89-52(32-39(3)4)67(107)82-45(17-10-12-27-77)63(103)83-46(20-23-58(80)97)66(106)94-61(41(6)96)74(114)93-56(37-120)71(111)87-50(76(116)117)26-30-121-7/h8-9,15-16,34,38-41,45-57,61,81,96,118-120H,10-14,17-33,35-37,77-79H2,1-7H3,(H2,80,97)(H,82,107)(H,83,103)(H,84,104)(H,85,109)(H,86,110)(H,87,111)(H,88,102)(H,89,112)(H,90,108)(H,91,105)(H,92,113)(H,93,114)(H,94,106)(H,98,99)(H,100,101)(H,116,117)/t40-,41+,45-,46-,47-,48-,49-,50-,51-,52-,53-,54-,55-,56-,57-,61-/m0/s1. The van der Waals surface area contributed by atoms with Gasteiger partial charge in [-0.3, -0.25) is 81.5 Å². The van der Waals surface area contributed by atoms with Crippen LogP contribution in [0.5, 0.6) is 0 Å². The summed E-state index contributed by atoms with van der Waals surface area (Å²) in [5, 5.41) is 73.1. The number of amides is 15. The van der Waals surface area contributed by atoms with Crippen molar-refractivity contribution < 1.29 is 107 Å². The van der Waals surface area contributed by atoms with Crippen LogP contribution < -0.4 is 92.1 Å². The first-order valence-electron chi connectivity index (χ1n) is 40.1. The predicted molar refractivity (Wildman–Crippen MR) is 456 cm³/mol. The van der Waals surface area contributed by atoms with E-state index in [-0.39, 0.29) is 107 Å². The quantitative estimate of drug-likeness (QED) is 0.0220. The molecule has 1 aromatic heterocycles. The smallest absolute Gasteiger partial charge is 0.326 e. The monoisotopic (exact) mass is 1780 g/mol. The van der Waals surface area contributed by atoms with Gasteiger partial charge in [-0.15, -0.1) is 0 Å². The zero-order valence-corrected chi connectivity index (χ0v) is 72.6. The molecule has 121 heavy (non-hydrogen) atoms. The summed E-state index contributed by atoms with van der Waals surface area (Å²) in [7, 11) is 0. The molecule has 45 heteroatoms. The zero-order chi connectivity index (χ0) is 90.9. The normalized spacial score (nSPS) is 16.3. The largest absolute Gasteiger partial charge is 0.481 e. The van der Waals surface area contributed by atoms with Gasteiger partial charge in [0.15, 0.2) is 0 Å². The minimum atomic E-state index is -1.83. The number of thioether (sulfide) groups is 1. The molecule has 0 saturated carbocycles. The van der Waals surface area contributed by atoms with E-state index >= 15 is 0 Å². The summed E-state index contributed by atoms with van der Waals surface area (Å²) in [4.78, 5) is 250. The minimum Gasteiger partial charge on any atom is -0.481 e. The van der Waals surface area contributed by atoms with E-state index in [9.17, 15) is 107 Å². The lowest BCUT2D eigenvalue weighted by atomic mass is 10.00. The van der Waals surface area contributed by atoms with E-state index in [0.29, 0.717) is 35.1 Å². The molecule has 1 aromatic carbocycles. The number of benzene rings is 1. The highest BCUT2D eigenvalue weighted by atomic mass is 32.2. The SMILES string of the molecule is CSCC[C@H](NC(=O)[C@H](CS)NC(=O)[C@@H](NC(=O)[C@H](CCC(N)=O)NC(=O)[C@H](CCCCN)NC(=O)[C@H](CC(C)C)NC(=O)[C@H](CS)NC(=O)[C@@H]1CCCN1C(=O)[C@H](CCCCN)NC(=O)[C@H](CS)NC(=O)[C@H](CCC(=O)O)NC(=O)[C@H](CCC(=O)O)NC(=O)[C@H](Cc1c[nH]c2ccccc12)NC(=O)[C@H](CC(C)C)NC(=O)[C@H](C)N)[C@@H](C)O)C(=O)O. The van der Waals surface area contributed by atoms with Gasteiger partial charge in [-0.05, 0) is 152 Å². The second-order valence-corrected chi connectivity index (χ2v) is 32.4. The van der Waals surface area contributed by atoms with Crippen molar-refractivity contribution in [2.24, 2.45) is 34.8 Å². The number of unbranched alkanes of at least 4 members (excludes halogenated alkanes) is 2. The predicted octanol–water partition coefficient (Wildman–Crippen LogP) is -4.30. The Bertz CT molecular complexity index is 3860. The van der Waals surface area contributed by atoms with Gasteiger partial charge in [0.05, 0.1) is 12.1 Å². The molecule has 0 radical (unpaired) electrons. The number of primary amides is 1. The van der Waals surface area contributed by atoms with Crippen LogP contribution in [0, 0.1) is 11.8 Å². The van der Waals surface area contributed by atoms with Crippen LogP contribution in [-0.2, 0) is 92.7 Å². The highest BCUT2D eigenvalue weighted by molar-refractivity contribution is 7.98. The number of aromatic nitrogens is 1. The molecule has 678 valence electrons. The Morgan fingerprint density at radius 2 is 0.868 bits per heavy atom. The molecule has 1 aliphatic rings. The Morgan fingerprint density at radius 3 is 1.31 bits per heavy atom. The number of para-hydroxylation sites is 1. The maximum atomic E-state index is 14.8. The van der Waals surface area contributed by atoms with E-state index in [1.165, 1.54) is 23.6 Å². The van der Waals surface area contributed by atoms with E-state index < -0.39 is 248 Å². The number of aliphatic carboxylic acids is 3. The van der Waals surface area contributed by atoms with Gasteiger partial charge in [0, 0.05) is 66.6 Å². The topological polar surface area (TPSA) is 668 Å². The number of nitrogens with zero attached hydrogens (tertiary/aromatic N) is 1. The average Bonchev–Trinajstić information content (AvgIpc) is 1.70. The Balaban J connectivity index is 1.89. The number of rotatable bonds is 58. The highest BCUT2D eigenvalue weighted by Gasteiger charge is 2.42. The number of carbonyl (C=O) groups excluding carboxylic acids is 15. The summed E-state index contributed by atoms with van der Waals surface area (Å²) < 4.78 is 0. The number of nitrogens with two attached hydrogens (primary N) is 4. The molecular formula is C76H123N19O22S4. The van der Waals surface area contributed by atoms with E-state index in [4.69, 9.17) is 22.9 Å². The summed E-state index contributed by atoms with van der Waals surface area (Å²) in [6.07, 6.45) is -1.04. The molecule has 15 amide bonds. The first kappa shape index (κ1) is 106. The number of likely N-dealkylation sites (tertiary alicyclic amines) is 1. The van der Waals surface area contributed by atoms with Crippen LogP contribution in [0.2, 0.25) is 0 Å². The van der Waals surface area contributed by atoms with Gasteiger partial charge in [0.25, 0.3) is 0 Å². The van der Waals surface area contributed by atoms with Crippen molar-refractivity contribution in [3.63, 3.8) is 0 Å². The lowest BCUT2D eigenvalue weighted by molar-refractivity contribution is -0.142. The maximum absolute atomic E-state index is 14.8. The van der Waals surface area contributed by atoms with Crippen LogP contribution in [0.3, 0.4) is 0 Å². The lowest BCUT2D eigenvalue weighted by Gasteiger charge is -2.31. The van der Waals surface area contributed by atoms with Crippen LogP contribution in [0.25, 0.3) is 10.9 Å². The van der Waals surface area contributed by atoms with Gasteiger partial charge >= 0.3 is 17.9 Å². The van der Waals surface area contributed by atoms with Crippen LogP contribution in [0.4, 0.5) is 0 Å². The molecule has 2 heterocycles. The van der Waals surface area contributed by atoms with Crippen LogP contribution >= 0.6 is 49.6 Å². The zero-order valence-electron chi connectivity index (χ0n) is 69.1. The van der Waals surface area contributed by atoms with E-state index in [2.05, 4.69) is 112 Å². The Morgan fingerprint density at radius 1 is 0.479 bits per heavy atom. The second-order valence-electron chi connectivity index (χ2n) is 30.4. The number of H-pyrrole nitrogens is 1. The number of aliphatic hydroxyl groups excluding tert-OH is 1. The van der Waals surface area contributed by atoms with Crippen LogP contribution in [-0.4, -0.2) is 282 Å². The third-order valence-corrected chi connectivity index (χ3v) is 21.2. The molecule has 1 aliphatic heterocycles. The minimum absolute atomic E-state index is 0.0382. The number of carboxylic acid groups (broad SMARTS) is 3. The van der Waals surface area contributed by atoms with Gasteiger partial charge in [-0.25, -0.2) is 4.79 Å². The molecule has 41 nitrogen and oxygen atoms in total. The van der Waals surface area contributed by atoms with Crippen LogP contribution in [0.1, 0.15) is 156 Å².